The summed E-state index contributed by atoms with van der Waals surface area (Å²) in [6.07, 6.45) is 5.55. The van der Waals surface area contributed by atoms with E-state index in [2.05, 4.69) is 23.3 Å². The van der Waals surface area contributed by atoms with Crippen LogP contribution in [-0.2, 0) is 4.74 Å². The van der Waals surface area contributed by atoms with E-state index in [0.717, 1.165) is 49.3 Å². The van der Waals surface area contributed by atoms with Gasteiger partial charge in [0, 0.05) is 32.5 Å². The lowest BCUT2D eigenvalue weighted by Crippen LogP contribution is -2.34. The van der Waals surface area contributed by atoms with Gasteiger partial charge in [-0.05, 0) is 67.2 Å². The number of rotatable bonds is 4. The summed E-state index contributed by atoms with van der Waals surface area (Å²) in [4.78, 5) is 25.4. The summed E-state index contributed by atoms with van der Waals surface area (Å²) in [5.41, 5.74) is 1.21. The summed E-state index contributed by atoms with van der Waals surface area (Å²) >= 11 is 0. The number of carboxylic acid groups (broad SMARTS) is 1. The SMILES string of the molecule is O=C(O)c1ccn(C(=O)N2C[C@H]3C[C@H](Oc4cccc(C5CCOCC5)c4)C[C@H]3C2)n1. The average molecular weight is 425 g/mol. The van der Waals surface area contributed by atoms with Crippen LogP contribution in [0.4, 0.5) is 4.79 Å². The topological polar surface area (TPSA) is 93.9 Å². The molecule has 1 saturated carbocycles. The van der Waals surface area contributed by atoms with Crippen molar-refractivity contribution >= 4 is 12.0 Å². The molecule has 8 nitrogen and oxygen atoms in total. The molecule has 2 aliphatic heterocycles. The van der Waals surface area contributed by atoms with Crippen molar-refractivity contribution in [3.8, 4) is 5.75 Å². The van der Waals surface area contributed by atoms with Gasteiger partial charge in [0.2, 0.25) is 0 Å². The molecule has 3 fully saturated rings. The third-order valence-corrected chi connectivity index (χ3v) is 6.84. The second kappa shape index (κ2) is 8.34. The van der Waals surface area contributed by atoms with Gasteiger partial charge in [-0.1, -0.05) is 12.1 Å². The quantitative estimate of drug-likeness (QED) is 0.808. The zero-order valence-corrected chi connectivity index (χ0v) is 17.4. The number of fused-ring (bicyclic) bond motifs is 1. The van der Waals surface area contributed by atoms with Crippen molar-refractivity contribution < 1.29 is 24.2 Å². The van der Waals surface area contributed by atoms with Crippen LogP contribution in [0.1, 0.15) is 47.7 Å². The van der Waals surface area contributed by atoms with Crippen LogP contribution >= 0.6 is 0 Å². The van der Waals surface area contributed by atoms with Crippen LogP contribution in [0.25, 0.3) is 0 Å². The van der Waals surface area contributed by atoms with E-state index < -0.39 is 5.97 Å². The van der Waals surface area contributed by atoms with E-state index >= 15 is 0 Å². The highest BCUT2D eigenvalue weighted by molar-refractivity contribution is 5.86. The van der Waals surface area contributed by atoms with Gasteiger partial charge in [-0.15, -0.1) is 0 Å². The first kappa shape index (κ1) is 20.1. The van der Waals surface area contributed by atoms with Crippen LogP contribution in [0.2, 0.25) is 0 Å². The standard InChI is InChI=1S/C23H27N3O5/c27-22(28)21-4-7-26(24-21)23(29)25-13-17-11-20(12-18(17)14-25)31-19-3-1-2-16(10-19)15-5-8-30-9-6-15/h1-4,7,10,15,17-18,20H,5-6,8-9,11-14H2,(H,27,28)/t17-,18+,20+. The molecule has 1 N–H and O–H groups in total. The smallest absolute Gasteiger partial charge is 0.356 e. The average Bonchev–Trinajstić information content (AvgIpc) is 3.49. The molecule has 1 aromatic heterocycles. The monoisotopic (exact) mass is 425 g/mol. The Balaban J connectivity index is 1.17. The van der Waals surface area contributed by atoms with E-state index in [0.29, 0.717) is 30.8 Å². The molecule has 8 heteroatoms. The number of hydrogen-bond acceptors (Lipinski definition) is 5. The minimum absolute atomic E-state index is 0.121. The molecule has 0 spiro atoms. The van der Waals surface area contributed by atoms with Gasteiger partial charge in [0.25, 0.3) is 0 Å². The number of amides is 1. The van der Waals surface area contributed by atoms with Crippen molar-refractivity contribution in [1.29, 1.82) is 0 Å². The first-order chi connectivity index (χ1) is 15.1. The number of carbonyl (C=O) groups is 2. The van der Waals surface area contributed by atoms with Crippen molar-refractivity contribution in [1.82, 2.24) is 14.7 Å². The van der Waals surface area contributed by atoms with Gasteiger partial charge in [-0.2, -0.15) is 9.78 Å². The maximum Gasteiger partial charge on any atom is 0.356 e. The largest absolute Gasteiger partial charge is 0.490 e. The van der Waals surface area contributed by atoms with Crippen LogP contribution in [0.15, 0.2) is 36.5 Å². The number of likely N-dealkylation sites (tertiary alicyclic amines) is 1. The Morgan fingerprint density at radius 1 is 1.10 bits per heavy atom. The first-order valence-electron chi connectivity index (χ1n) is 11.0. The summed E-state index contributed by atoms with van der Waals surface area (Å²) in [5.74, 6) is 1.15. The number of benzene rings is 1. The maximum absolute atomic E-state index is 12.7. The Kier molecular flexibility index (Phi) is 5.40. The highest BCUT2D eigenvalue weighted by Gasteiger charge is 2.43. The van der Waals surface area contributed by atoms with E-state index in [4.69, 9.17) is 14.6 Å². The van der Waals surface area contributed by atoms with Crippen molar-refractivity contribution in [2.75, 3.05) is 26.3 Å². The van der Waals surface area contributed by atoms with Gasteiger partial charge >= 0.3 is 12.0 Å². The third kappa shape index (κ3) is 4.17. The van der Waals surface area contributed by atoms with Gasteiger partial charge in [-0.3, -0.25) is 0 Å². The molecule has 0 radical (unpaired) electrons. The van der Waals surface area contributed by atoms with Crippen LogP contribution in [0.3, 0.4) is 0 Å². The number of aromatic nitrogens is 2. The number of aromatic carboxylic acids is 1. The molecule has 0 unspecified atom stereocenters. The lowest BCUT2D eigenvalue weighted by Gasteiger charge is -2.23. The van der Waals surface area contributed by atoms with E-state index in [1.807, 2.05) is 6.07 Å². The van der Waals surface area contributed by atoms with Crippen molar-refractivity contribution in [3.05, 3.63) is 47.8 Å². The molecule has 1 aliphatic carbocycles. The molecule has 31 heavy (non-hydrogen) atoms. The zero-order valence-electron chi connectivity index (χ0n) is 17.4. The highest BCUT2D eigenvalue weighted by Crippen LogP contribution is 2.40. The second-order valence-corrected chi connectivity index (χ2v) is 8.83. The molecule has 1 aromatic carbocycles. The normalized spacial score (nSPS) is 26.1. The molecule has 0 bridgehead atoms. The fourth-order valence-electron chi connectivity index (χ4n) is 5.25. The zero-order chi connectivity index (χ0) is 21.4. The molecule has 3 atom stereocenters. The predicted molar refractivity (Wildman–Crippen MR) is 111 cm³/mol. The van der Waals surface area contributed by atoms with Gasteiger partial charge in [-0.25, -0.2) is 9.59 Å². The maximum atomic E-state index is 12.7. The number of carboxylic acids is 1. The summed E-state index contributed by atoms with van der Waals surface area (Å²) in [6, 6.07) is 9.55. The molecular weight excluding hydrogens is 398 g/mol. The summed E-state index contributed by atoms with van der Waals surface area (Å²) in [5, 5.41) is 12.9. The number of hydrogen-bond donors (Lipinski definition) is 1. The van der Waals surface area contributed by atoms with Crippen molar-refractivity contribution in [2.45, 2.75) is 37.7 Å². The van der Waals surface area contributed by atoms with E-state index in [-0.39, 0.29) is 17.8 Å². The fourth-order valence-corrected chi connectivity index (χ4v) is 5.25. The Labute approximate surface area is 180 Å². The van der Waals surface area contributed by atoms with Crippen LogP contribution in [-0.4, -0.2) is 64.2 Å². The molecule has 1 amide bonds. The van der Waals surface area contributed by atoms with E-state index in [1.54, 1.807) is 4.90 Å². The Morgan fingerprint density at radius 2 is 1.84 bits per heavy atom. The minimum atomic E-state index is -1.13. The van der Waals surface area contributed by atoms with Gasteiger partial charge in [0.15, 0.2) is 5.69 Å². The van der Waals surface area contributed by atoms with Crippen LogP contribution in [0, 0.1) is 11.8 Å². The Hall–Kier alpha value is -2.87. The Bertz CT molecular complexity index is 954. The van der Waals surface area contributed by atoms with Gasteiger partial charge in [0.05, 0.1) is 6.10 Å². The predicted octanol–water partition coefficient (Wildman–Crippen LogP) is 3.23. The second-order valence-electron chi connectivity index (χ2n) is 8.83. The molecular formula is C23H27N3O5. The summed E-state index contributed by atoms with van der Waals surface area (Å²) in [6.45, 7) is 2.97. The fraction of sp³-hybridized carbons (Fsp3) is 0.522. The number of carbonyl (C=O) groups excluding carboxylic acids is 1. The molecule has 3 heterocycles. The first-order valence-corrected chi connectivity index (χ1v) is 11.0. The van der Waals surface area contributed by atoms with E-state index in [1.165, 1.54) is 17.8 Å². The summed E-state index contributed by atoms with van der Waals surface area (Å²) < 4.78 is 12.9. The molecule has 164 valence electrons. The minimum Gasteiger partial charge on any atom is -0.490 e. The van der Waals surface area contributed by atoms with Gasteiger partial charge in [0.1, 0.15) is 5.75 Å². The van der Waals surface area contributed by atoms with Crippen molar-refractivity contribution in [3.63, 3.8) is 0 Å². The molecule has 2 aromatic rings. The number of ether oxygens (including phenoxy) is 2. The number of nitrogens with zero attached hydrogens (tertiary/aromatic N) is 3. The lowest BCUT2D eigenvalue weighted by atomic mass is 9.92. The highest BCUT2D eigenvalue weighted by atomic mass is 16.5. The third-order valence-electron chi connectivity index (χ3n) is 6.84. The summed E-state index contributed by atoms with van der Waals surface area (Å²) in [7, 11) is 0. The molecule has 2 saturated heterocycles. The van der Waals surface area contributed by atoms with Crippen LogP contribution < -0.4 is 4.74 Å². The lowest BCUT2D eigenvalue weighted by molar-refractivity contribution is 0.0690. The van der Waals surface area contributed by atoms with Gasteiger partial charge < -0.3 is 19.5 Å². The van der Waals surface area contributed by atoms with Crippen molar-refractivity contribution in [2.24, 2.45) is 11.8 Å². The Morgan fingerprint density at radius 3 is 2.52 bits per heavy atom. The molecule has 5 rings (SSSR count). The van der Waals surface area contributed by atoms with Crippen LogP contribution in [0.5, 0.6) is 5.75 Å². The molecule has 3 aliphatic rings. The van der Waals surface area contributed by atoms with E-state index in [9.17, 15) is 9.59 Å².